The Hall–Kier alpha value is -2.04. The minimum absolute atomic E-state index is 0.0799. The van der Waals surface area contributed by atoms with Gasteiger partial charge in [-0.15, -0.1) is 0 Å². The number of aromatic carboxylic acids is 1. The Balaban J connectivity index is 2.49. The average Bonchev–Trinajstić information content (AvgIpc) is 2.28. The van der Waals surface area contributed by atoms with Gasteiger partial charge in [-0.25, -0.2) is 9.59 Å². The number of benzene rings is 1. The molecule has 0 aliphatic rings. The van der Waals surface area contributed by atoms with Crippen molar-refractivity contribution >= 4 is 12.0 Å². The number of hydrogen-bond acceptors (Lipinski definition) is 2. The molecule has 5 heteroatoms. The van der Waals surface area contributed by atoms with Crippen LogP contribution in [0.25, 0.3) is 0 Å². The lowest BCUT2D eigenvalue weighted by molar-refractivity contribution is 0.0695. The standard InChI is InChI=1S/C13H18N2O3/c1-9(2)15-13(18)14-8-7-10-5-3-4-6-11(10)12(16)17/h3-6,9H,7-8H2,1-2H3,(H,16,17)(H2,14,15,18). The van der Waals surface area contributed by atoms with Crippen LogP contribution in [0.4, 0.5) is 4.79 Å². The summed E-state index contributed by atoms with van der Waals surface area (Å²) in [6.45, 7) is 4.15. The molecule has 0 aliphatic carbocycles. The minimum atomic E-state index is -0.947. The van der Waals surface area contributed by atoms with Crippen molar-refractivity contribution < 1.29 is 14.7 Å². The van der Waals surface area contributed by atoms with Crippen LogP contribution in [0.2, 0.25) is 0 Å². The molecule has 0 aliphatic heterocycles. The summed E-state index contributed by atoms with van der Waals surface area (Å²) in [4.78, 5) is 22.3. The van der Waals surface area contributed by atoms with Crippen molar-refractivity contribution in [3.05, 3.63) is 35.4 Å². The Morgan fingerprint density at radius 3 is 2.56 bits per heavy atom. The third-order valence-electron chi connectivity index (χ3n) is 2.35. The Kier molecular flexibility index (Phi) is 5.17. The van der Waals surface area contributed by atoms with E-state index in [0.29, 0.717) is 13.0 Å². The summed E-state index contributed by atoms with van der Waals surface area (Å²) in [5, 5.41) is 14.4. The predicted molar refractivity (Wildman–Crippen MR) is 68.8 cm³/mol. The first kappa shape index (κ1) is 14.0. The molecule has 18 heavy (non-hydrogen) atoms. The first-order valence-electron chi connectivity index (χ1n) is 5.86. The van der Waals surface area contributed by atoms with E-state index in [1.54, 1.807) is 24.3 Å². The van der Waals surface area contributed by atoms with Gasteiger partial charge < -0.3 is 15.7 Å². The van der Waals surface area contributed by atoms with Crippen molar-refractivity contribution in [2.75, 3.05) is 6.54 Å². The van der Waals surface area contributed by atoms with E-state index < -0.39 is 5.97 Å². The Morgan fingerprint density at radius 2 is 1.94 bits per heavy atom. The van der Waals surface area contributed by atoms with Crippen molar-refractivity contribution in [3.63, 3.8) is 0 Å². The number of nitrogens with one attached hydrogen (secondary N) is 2. The number of carboxylic acids is 1. The maximum Gasteiger partial charge on any atom is 0.335 e. The van der Waals surface area contributed by atoms with Crippen LogP contribution in [0.5, 0.6) is 0 Å². The highest BCUT2D eigenvalue weighted by molar-refractivity contribution is 5.89. The summed E-state index contributed by atoms with van der Waals surface area (Å²) < 4.78 is 0. The molecule has 3 N–H and O–H groups in total. The molecule has 0 fully saturated rings. The topological polar surface area (TPSA) is 78.4 Å². The zero-order chi connectivity index (χ0) is 13.5. The number of carboxylic acid groups (broad SMARTS) is 1. The van der Waals surface area contributed by atoms with Crippen LogP contribution in [0.1, 0.15) is 29.8 Å². The summed E-state index contributed by atoms with van der Waals surface area (Å²) >= 11 is 0. The van der Waals surface area contributed by atoms with E-state index in [-0.39, 0.29) is 17.6 Å². The van der Waals surface area contributed by atoms with Gasteiger partial charge in [-0.1, -0.05) is 18.2 Å². The second kappa shape index (κ2) is 6.64. The first-order chi connectivity index (χ1) is 8.50. The highest BCUT2D eigenvalue weighted by atomic mass is 16.4. The number of carbonyl (C=O) groups excluding carboxylic acids is 1. The summed E-state index contributed by atoms with van der Waals surface area (Å²) in [5.41, 5.74) is 0.999. The second-order valence-corrected chi connectivity index (χ2v) is 4.27. The van der Waals surface area contributed by atoms with Gasteiger partial charge in [-0.05, 0) is 31.9 Å². The Bertz CT molecular complexity index is 430. The largest absolute Gasteiger partial charge is 0.478 e. The third-order valence-corrected chi connectivity index (χ3v) is 2.35. The molecule has 1 aromatic carbocycles. The van der Waals surface area contributed by atoms with Crippen molar-refractivity contribution in [2.24, 2.45) is 0 Å². The molecule has 5 nitrogen and oxygen atoms in total. The molecule has 0 radical (unpaired) electrons. The van der Waals surface area contributed by atoms with Crippen molar-refractivity contribution in [1.82, 2.24) is 10.6 Å². The van der Waals surface area contributed by atoms with Crippen LogP contribution in [-0.2, 0) is 6.42 Å². The SMILES string of the molecule is CC(C)NC(=O)NCCc1ccccc1C(=O)O. The molecule has 0 unspecified atom stereocenters. The second-order valence-electron chi connectivity index (χ2n) is 4.27. The van der Waals surface area contributed by atoms with Gasteiger partial charge in [0.2, 0.25) is 0 Å². The zero-order valence-corrected chi connectivity index (χ0v) is 10.6. The molecule has 1 rings (SSSR count). The highest BCUT2D eigenvalue weighted by Crippen LogP contribution is 2.08. The summed E-state index contributed by atoms with van der Waals surface area (Å²) in [5.74, 6) is -0.947. The number of urea groups is 1. The van der Waals surface area contributed by atoms with Crippen molar-refractivity contribution in [1.29, 1.82) is 0 Å². The van der Waals surface area contributed by atoms with Gasteiger partial charge in [0.1, 0.15) is 0 Å². The molecule has 0 aromatic heterocycles. The monoisotopic (exact) mass is 250 g/mol. The summed E-state index contributed by atoms with van der Waals surface area (Å²) in [6.07, 6.45) is 0.494. The van der Waals surface area contributed by atoms with Gasteiger partial charge in [0.25, 0.3) is 0 Å². The summed E-state index contributed by atoms with van der Waals surface area (Å²) in [7, 11) is 0. The van der Waals surface area contributed by atoms with Gasteiger partial charge in [-0.2, -0.15) is 0 Å². The third kappa shape index (κ3) is 4.45. The van der Waals surface area contributed by atoms with E-state index in [9.17, 15) is 9.59 Å². The number of carbonyl (C=O) groups is 2. The van der Waals surface area contributed by atoms with E-state index >= 15 is 0 Å². The van der Waals surface area contributed by atoms with E-state index in [4.69, 9.17) is 5.11 Å². The number of hydrogen-bond donors (Lipinski definition) is 3. The lowest BCUT2D eigenvalue weighted by atomic mass is 10.0. The van der Waals surface area contributed by atoms with Crippen LogP contribution < -0.4 is 10.6 Å². The van der Waals surface area contributed by atoms with Crippen molar-refractivity contribution in [3.8, 4) is 0 Å². The van der Waals surface area contributed by atoms with E-state index in [2.05, 4.69) is 10.6 Å². The lowest BCUT2D eigenvalue weighted by Crippen LogP contribution is -2.40. The number of amides is 2. The van der Waals surface area contributed by atoms with Gasteiger partial charge in [0.15, 0.2) is 0 Å². The molecule has 0 heterocycles. The van der Waals surface area contributed by atoms with Crippen LogP contribution in [-0.4, -0.2) is 29.7 Å². The maximum atomic E-state index is 11.3. The van der Waals surface area contributed by atoms with Gasteiger partial charge in [0.05, 0.1) is 5.56 Å². The van der Waals surface area contributed by atoms with Crippen LogP contribution >= 0.6 is 0 Å². The van der Waals surface area contributed by atoms with Gasteiger partial charge >= 0.3 is 12.0 Å². The lowest BCUT2D eigenvalue weighted by Gasteiger charge is -2.10. The van der Waals surface area contributed by atoms with E-state index in [1.165, 1.54) is 0 Å². The average molecular weight is 250 g/mol. The molecule has 0 saturated heterocycles. The molecule has 1 aromatic rings. The van der Waals surface area contributed by atoms with Crippen molar-refractivity contribution in [2.45, 2.75) is 26.3 Å². The van der Waals surface area contributed by atoms with E-state index in [1.807, 2.05) is 13.8 Å². The van der Waals surface area contributed by atoms with E-state index in [0.717, 1.165) is 5.56 Å². The zero-order valence-electron chi connectivity index (χ0n) is 10.6. The molecule has 98 valence electrons. The van der Waals surface area contributed by atoms with Crippen LogP contribution in [0.3, 0.4) is 0 Å². The fourth-order valence-electron chi connectivity index (χ4n) is 1.57. The fraction of sp³-hybridized carbons (Fsp3) is 0.385. The van der Waals surface area contributed by atoms with Crippen LogP contribution in [0.15, 0.2) is 24.3 Å². The fourth-order valence-corrected chi connectivity index (χ4v) is 1.57. The molecular weight excluding hydrogens is 232 g/mol. The molecule has 2 amide bonds. The van der Waals surface area contributed by atoms with Crippen LogP contribution in [0, 0.1) is 0 Å². The predicted octanol–water partition coefficient (Wildman–Crippen LogP) is 1.63. The molecule has 0 atom stereocenters. The Morgan fingerprint density at radius 1 is 1.28 bits per heavy atom. The molecule has 0 bridgehead atoms. The first-order valence-corrected chi connectivity index (χ1v) is 5.86. The minimum Gasteiger partial charge on any atom is -0.478 e. The van der Waals surface area contributed by atoms with Gasteiger partial charge in [0, 0.05) is 12.6 Å². The molecular formula is C13H18N2O3. The maximum absolute atomic E-state index is 11.3. The molecule has 0 spiro atoms. The smallest absolute Gasteiger partial charge is 0.335 e. The highest BCUT2D eigenvalue weighted by Gasteiger charge is 2.09. The summed E-state index contributed by atoms with van der Waals surface area (Å²) in [6, 6.07) is 6.63. The molecule has 0 saturated carbocycles. The number of rotatable bonds is 5. The van der Waals surface area contributed by atoms with Gasteiger partial charge in [-0.3, -0.25) is 0 Å². The normalized spacial score (nSPS) is 10.2. The quantitative estimate of drug-likeness (QED) is 0.743. The Labute approximate surface area is 106 Å².